The highest BCUT2D eigenvalue weighted by atomic mass is 16.5. The molecule has 5 heteroatoms. The van der Waals surface area contributed by atoms with Gasteiger partial charge in [0.15, 0.2) is 5.96 Å². The van der Waals surface area contributed by atoms with Crippen LogP contribution in [0.1, 0.15) is 32.6 Å². The maximum Gasteiger partial charge on any atom is 0.190 e. The van der Waals surface area contributed by atoms with E-state index in [2.05, 4.69) is 27.4 Å². The predicted molar refractivity (Wildman–Crippen MR) is 87.7 cm³/mol. The highest BCUT2D eigenvalue weighted by Crippen LogP contribution is 2.15. The van der Waals surface area contributed by atoms with Crippen LogP contribution < -0.4 is 10.6 Å². The van der Waals surface area contributed by atoms with E-state index >= 15 is 0 Å². The molecule has 0 bridgehead atoms. The third-order valence-electron chi connectivity index (χ3n) is 4.63. The molecule has 0 aromatic carbocycles. The predicted octanol–water partition coefficient (Wildman–Crippen LogP) is 1.31. The van der Waals surface area contributed by atoms with Gasteiger partial charge in [0.2, 0.25) is 0 Å². The summed E-state index contributed by atoms with van der Waals surface area (Å²) < 4.78 is 5.39. The van der Waals surface area contributed by atoms with E-state index in [4.69, 9.17) is 4.74 Å². The molecule has 2 aliphatic heterocycles. The highest BCUT2D eigenvalue weighted by molar-refractivity contribution is 5.79. The van der Waals surface area contributed by atoms with Crippen LogP contribution in [-0.2, 0) is 4.74 Å². The molecule has 2 fully saturated rings. The smallest absolute Gasteiger partial charge is 0.190 e. The van der Waals surface area contributed by atoms with E-state index < -0.39 is 0 Å². The second-order valence-corrected chi connectivity index (χ2v) is 6.49. The van der Waals surface area contributed by atoms with Gasteiger partial charge >= 0.3 is 0 Å². The van der Waals surface area contributed by atoms with Crippen molar-refractivity contribution in [1.29, 1.82) is 0 Å². The van der Waals surface area contributed by atoms with Crippen molar-refractivity contribution in [2.24, 2.45) is 16.8 Å². The molecule has 1 atom stereocenters. The third kappa shape index (κ3) is 6.22. The van der Waals surface area contributed by atoms with Gasteiger partial charge in [-0.1, -0.05) is 6.92 Å². The van der Waals surface area contributed by atoms with Gasteiger partial charge < -0.3 is 20.3 Å². The number of hydrogen-bond donors (Lipinski definition) is 2. The minimum atomic E-state index is 0.638. The normalized spacial score (nSPS) is 25.2. The number of guanidine groups is 1. The number of ether oxygens (including phenoxy) is 1. The van der Waals surface area contributed by atoms with Crippen molar-refractivity contribution < 1.29 is 4.74 Å². The van der Waals surface area contributed by atoms with Crippen LogP contribution in [0.25, 0.3) is 0 Å². The number of rotatable bonds is 6. The van der Waals surface area contributed by atoms with E-state index in [1.54, 1.807) is 0 Å². The van der Waals surface area contributed by atoms with Crippen LogP contribution in [0.2, 0.25) is 0 Å². The Morgan fingerprint density at radius 1 is 1.24 bits per heavy atom. The van der Waals surface area contributed by atoms with Gasteiger partial charge in [-0.05, 0) is 51.2 Å². The Bertz CT molecular complexity index is 307. The summed E-state index contributed by atoms with van der Waals surface area (Å²) >= 11 is 0. The number of piperidine rings is 1. The molecule has 2 saturated heterocycles. The molecule has 5 nitrogen and oxygen atoms in total. The van der Waals surface area contributed by atoms with Crippen LogP contribution in [0, 0.1) is 11.8 Å². The molecule has 0 spiro atoms. The zero-order valence-corrected chi connectivity index (χ0v) is 13.7. The Labute approximate surface area is 129 Å². The van der Waals surface area contributed by atoms with E-state index in [-0.39, 0.29) is 0 Å². The van der Waals surface area contributed by atoms with Crippen molar-refractivity contribution in [3.63, 3.8) is 0 Å². The molecule has 2 rings (SSSR count). The lowest BCUT2D eigenvalue weighted by Gasteiger charge is -2.30. The Kier molecular flexibility index (Phi) is 7.30. The summed E-state index contributed by atoms with van der Waals surface area (Å²) in [6, 6.07) is 0. The van der Waals surface area contributed by atoms with Gasteiger partial charge in [-0.3, -0.25) is 4.99 Å². The first-order valence-corrected chi connectivity index (χ1v) is 8.52. The Morgan fingerprint density at radius 3 is 2.71 bits per heavy atom. The Hall–Kier alpha value is -0.810. The van der Waals surface area contributed by atoms with Crippen LogP contribution in [-0.4, -0.2) is 63.8 Å². The SMILES string of the molecule is CN=C(NCCCN1CCC(C)CC1)NCC1CCOC1. The summed E-state index contributed by atoms with van der Waals surface area (Å²) in [5, 5.41) is 6.81. The summed E-state index contributed by atoms with van der Waals surface area (Å²) in [6.07, 6.45) is 5.07. The van der Waals surface area contributed by atoms with Crippen LogP contribution >= 0.6 is 0 Å². The first-order valence-electron chi connectivity index (χ1n) is 8.52. The molecule has 0 radical (unpaired) electrons. The molecular formula is C16H32N4O. The van der Waals surface area contributed by atoms with Crippen molar-refractivity contribution in [1.82, 2.24) is 15.5 Å². The number of hydrogen-bond acceptors (Lipinski definition) is 3. The van der Waals surface area contributed by atoms with Crippen molar-refractivity contribution in [2.75, 3.05) is 53.0 Å². The fourth-order valence-electron chi connectivity index (χ4n) is 3.00. The first-order chi connectivity index (χ1) is 10.3. The van der Waals surface area contributed by atoms with Crippen molar-refractivity contribution in [3.05, 3.63) is 0 Å². The third-order valence-corrected chi connectivity index (χ3v) is 4.63. The van der Waals surface area contributed by atoms with Gasteiger partial charge in [-0.25, -0.2) is 0 Å². The van der Waals surface area contributed by atoms with Gasteiger partial charge in [0, 0.05) is 32.7 Å². The second kappa shape index (κ2) is 9.26. The van der Waals surface area contributed by atoms with Crippen molar-refractivity contribution >= 4 is 5.96 Å². The minimum Gasteiger partial charge on any atom is -0.381 e. The Balaban J connectivity index is 1.51. The summed E-state index contributed by atoms with van der Waals surface area (Å²) in [5.74, 6) is 2.48. The molecule has 2 heterocycles. The summed E-state index contributed by atoms with van der Waals surface area (Å²) in [7, 11) is 1.84. The quantitative estimate of drug-likeness (QED) is 0.441. The largest absolute Gasteiger partial charge is 0.381 e. The molecule has 2 N–H and O–H groups in total. The standard InChI is InChI=1S/C16H32N4O/c1-14-4-9-20(10-5-14)8-3-7-18-16(17-2)19-12-15-6-11-21-13-15/h14-15H,3-13H2,1-2H3,(H2,17,18,19). The van der Waals surface area contributed by atoms with Gasteiger partial charge in [-0.2, -0.15) is 0 Å². The van der Waals surface area contributed by atoms with Crippen molar-refractivity contribution in [2.45, 2.75) is 32.6 Å². The maximum atomic E-state index is 5.39. The average Bonchev–Trinajstić information content (AvgIpc) is 3.02. The lowest BCUT2D eigenvalue weighted by Crippen LogP contribution is -2.41. The van der Waals surface area contributed by atoms with Crippen LogP contribution in [0.5, 0.6) is 0 Å². The van der Waals surface area contributed by atoms with Gasteiger partial charge in [0.05, 0.1) is 6.61 Å². The fourth-order valence-corrected chi connectivity index (χ4v) is 3.00. The average molecular weight is 296 g/mol. The molecular weight excluding hydrogens is 264 g/mol. The fraction of sp³-hybridized carbons (Fsp3) is 0.938. The van der Waals surface area contributed by atoms with E-state index in [0.717, 1.165) is 44.6 Å². The molecule has 0 amide bonds. The number of aliphatic imine (C=N–C) groups is 1. The van der Waals surface area contributed by atoms with Gasteiger partial charge in [0.25, 0.3) is 0 Å². The minimum absolute atomic E-state index is 0.638. The van der Waals surface area contributed by atoms with Crippen molar-refractivity contribution in [3.8, 4) is 0 Å². The van der Waals surface area contributed by atoms with E-state index in [9.17, 15) is 0 Å². The molecule has 0 saturated carbocycles. The van der Waals surface area contributed by atoms with E-state index in [1.807, 2.05) is 7.05 Å². The number of likely N-dealkylation sites (tertiary alicyclic amines) is 1. The number of nitrogens with zero attached hydrogens (tertiary/aromatic N) is 2. The summed E-state index contributed by atoms with van der Waals surface area (Å²) in [4.78, 5) is 6.87. The lowest BCUT2D eigenvalue weighted by molar-refractivity contribution is 0.186. The van der Waals surface area contributed by atoms with Crippen LogP contribution in [0.15, 0.2) is 4.99 Å². The molecule has 2 aliphatic rings. The zero-order chi connectivity index (χ0) is 14.9. The molecule has 0 aliphatic carbocycles. The van der Waals surface area contributed by atoms with Gasteiger partial charge in [0.1, 0.15) is 0 Å². The molecule has 122 valence electrons. The van der Waals surface area contributed by atoms with Gasteiger partial charge in [-0.15, -0.1) is 0 Å². The number of nitrogens with one attached hydrogen (secondary N) is 2. The topological polar surface area (TPSA) is 48.9 Å². The van der Waals surface area contributed by atoms with E-state index in [0.29, 0.717) is 5.92 Å². The Morgan fingerprint density at radius 2 is 2.05 bits per heavy atom. The first kappa shape index (κ1) is 16.6. The summed E-state index contributed by atoms with van der Waals surface area (Å²) in [6.45, 7) is 9.86. The molecule has 21 heavy (non-hydrogen) atoms. The summed E-state index contributed by atoms with van der Waals surface area (Å²) in [5.41, 5.74) is 0. The second-order valence-electron chi connectivity index (χ2n) is 6.49. The molecule has 1 unspecified atom stereocenters. The van der Waals surface area contributed by atoms with Crippen LogP contribution in [0.3, 0.4) is 0 Å². The zero-order valence-electron chi connectivity index (χ0n) is 13.7. The molecule has 0 aromatic heterocycles. The van der Waals surface area contributed by atoms with Crippen LogP contribution in [0.4, 0.5) is 0 Å². The maximum absolute atomic E-state index is 5.39. The lowest BCUT2D eigenvalue weighted by atomic mass is 9.99. The highest BCUT2D eigenvalue weighted by Gasteiger charge is 2.16. The van der Waals surface area contributed by atoms with E-state index in [1.165, 1.54) is 38.9 Å². The molecule has 0 aromatic rings. The monoisotopic (exact) mass is 296 g/mol.